The van der Waals surface area contributed by atoms with Crippen LogP contribution in [0.25, 0.3) is 0 Å². The van der Waals surface area contributed by atoms with Crippen LogP contribution < -0.4 is 5.32 Å². The lowest BCUT2D eigenvalue weighted by molar-refractivity contribution is -0.120. The lowest BCUT2D eigenvalue weighted by Gasteiger charge is -2.30. The molecule has 0 bridgehead atoms. The van der Waals surface area contributed by atoms with Crippen LogP contribution in [0.5, 0.6) is 0 Å². The first kappa shape index (κ1) is 18.6. The number of amides is 1. The molecule has 3 rings (SSSR count). The van der Waals surface area contributed by atoms with E-state index in [0.717, 1.165) is 15.0 Å². The van der Waals surface area contributed by atoms with Gasteiger partial charge in [0.15, 0.2) is 0 Å². The first-order chi connectivity index (χ1) is 11.9. The van der Waals surface area contributed by atoms with Crippen LogP contribution in [-0.2, 0) is 14.8 Å². The number of aryl methyl sites for hydroxylation is 1. The third kappa shape index (κ3) is 4.31. The molecule has 0 spiro atoms. The third-order valence-electron chi connectivity index (χ3n) is 4.18. The zero-order valence-corrected chi connectivity index (χ0v) is 17.0. The molecule has 1 fully saturated rings. The van der Waals surface area contributed by atoms with Gasteiger partial charge in [-0.2, -0.15) is 4.31 Å². The van der Waals surface area contributed by atoms with Crippen molar-refractivity contribution in [1.29, 1.82) is 0 Å². The van der Waals surface area contributed by atoms with Crippen LogP contribution in [0.1, 0.15) is 18.4 Å². The Morgan fingerprint density at radius 3 is 2.80 bits per heavy atom. The van der Waals surface area contributed by atoms with E-state index in [2.05, 4.69) is 21.2 Å². The number of piperidine rings is 1. The molecule has 2 aromatic rings. The monoisotopic (exact) mass is 442 g/mol. The normalized spacial score (nSPS) is 18.9. The van der Waals surface area contributed by atoms with E-state index in [1.807, 2.05) is 31.2 Å². The molecule has 0 unspecified atom stereocenters. The SMILES string of the molecule is Cc1cccc(NC(=O)[C@@H]2CCCN(S(=O)(=O)c3ccc(Br)s3)C2)c1. The summed E-state index contributed by atoms with van der Waals surface area (Å²) in [6.45, 7) is 2.63. The standard InChI is InChI=1S/C17H19BrN2O3S2/c1-12-4-2-6-14(10-12)19-17(21)13-5-3-9-20(11-13)25(22,23)16-8-7-15(18)24-16/h2,4,6-8,10,13H,3,5,9,11H2,1H3,(H,19,21)/t13-/m1/s1. The molecule has 1 N–H and O–H groups in total. The zero-order valence-electron chi connectivity index (χ0n) is 13.7. The zero-order chi connectivity index (χ0) is 18.0. The molecular formula is C17H19BrN2O3S2. The van der Waals surface area contributed by atoms with Crippen molar-refractivity contribution >= 4 is 48.9 Å². The van der Waals surface area contributed by atoms with Gasteiger partial charge < -0.3 is 5.32 Å². The number of nitrogens with one attached hydrogen (secondary N) is 1. The lowest BCUT2D eigenvalue weighted by Crippen LogP contribution is -2.43. The maximum Gasteiger partial charge on any atom is 0.252 e. The largest absolute Gasteiger partial charge is 0.326 e. The van der Waals surface area contributed by atoms with Crippen LogP contribution in [0.3, 0.4) is 0 Å². The number of sulfonamides is 1. The molecule has 1 aliphatic rings. The molecule has 1 aromatic heterocycles. The minimum absolute atomic E-state index is 0.127. The van der Waals surface area contributed by atoms with Crippen molar-refractivity contribution in [3.05, 3.63) is 45.7 Å². The third-order valence-corrected chi connectivity index (χ3v) is 8.14. The Morgan fingerprint density at radius 1 is 1.32 bits per heavy atom. The number of thiophene rings is 1. The summed E-state index contributed by atoms with van der Waals surface area (Å²) in [5.41, 5.74) is 1.81. The fourth-order valence-electron chi connectivity index (χ4n) is 2.91. The first-order valence-electron chi connectivity index (χ1n) is 7.99. The Balaban J connectivity index is 1.71. The van der Waals surface area contributed by atoms with Gasteiger partial charge in [-0.15, -0.1) is 11.3 Å². The van der Waals surface area contributed by atoms with Crippen LogP contribution in [-0.4, -0.2) is 31.7 Å². The fourth-order valence-corrected chi connectivity index (χ4v) is 6.59. The number of hydrogen-bond acceptors (Lipinski definition) is 4. The molecule has 25 heavy (non-hydrogen) atoms. The highest BCUT2D eigenvalue weighted by atomic mass is 79.9. The van der Waals surface area contributed by atoms with Gasteiger partial charge in [-0.1, -0.05) is 12.1 Å². The van der Waals surface area contributed by atoms with Crippen LogP contribution >= 0.6 is 27.3 Å². The maximum absolute atomic E-state index is 12.8. The van der Waals surface area contributed by atoms with Gasteiger partial charge in [0, 0.05) is 18.8 Å². The summed E-state index contributed by atoms with van der Waals surface area (Å²) in [4.78, 5) is 12.6. The Bertz CT molecular complexity index is 880. The number of carbonyl (C=O) groups excluding carboxylic acids is 1. The van der Waals surface area contributed by atoms with Gasteiger partial charge in [-0.25, -0.2) is 8.42 Å². The quantitative estimate of drug-likeness (QED) is 0.781. The number of benzene rings is 1. The van der Waals surface area contributed by atoms with Crippen molar-refractivity contribution in [3.8, 4) is 0 Å². The van der Waals surface area contributed by atoms with E-state index in [1.54, 1.807) is 12.1 Å². The van der Waals surface area contributed by atoms with Crippen molar-refractivity contribution in [2.45, 2.75) is 24.0 Å². The van der Waals surface area contributed by atoms with Gasteiger partial charge >= 0.3 is 0 Å². The number of anilines is 1. The van der Waals surface area contributed by atoms with Gasteiger partial charge in [-0.05, 0) is 65.5 Å². The lowest BCUT2D eigenvalue weighted by atomic mass is 9.98. The Morgan fingerprint density at radius 2 is 2.12 bits per heavy atom. The first-order valence-corrected chi connectivity index (χ1v) is 11.0. The van der Waals surface area contributed by atoms with E-state index in [1.165, 1.54) is 15.6 Å². The van der Waals surface area contributed by atoms with Crippen molar-refractivity contribution in [1.82, 2.24) is 4.31 Å². The van der Waals surface area contributed by atoms with Crippen LogP contribution in [0, 0.1) is 12.8 Å². The van der Waals surface area contributed by atoms with E-state index in [9.17, 15) is 13.2 Å². The summed E-state index contributed by atoms with van der Waals surface area (Å²) in [7, 11) is -3.55. The average Bonchev–Trinajstić information content (AvgIpc) is 3.02. The van der Waals surface area contributed by atoms with Gasteiger partial charge in [0.05, 0.1) is 9.70 Å². The minimum atomic E-state index is -3.55. The Labute approximate surface area is 160 Å². The molecule has 0 radical (unpaired) electrons. The topological polar surface area (TPSA) is 66.5 Å². The maximum atomic E-state index is 12.8. The molecule has 1 saturated heterocycles. The molecule has 1 atom stereocenters. The molecule has 0 saturated carbocycles. The highest BCUT2D eigenvalue weighted by molar-refractivity contribution is 9.11. The predicted octanol–water partition coefficient (Wildman–Crippen LogP) is 3.86. The van der Waals surface area contributed by atoms with Crippen molar-refractivity contribution < 1.29 is 13.2 Å². The number of carbonyl (C=O) groups is 1. The second-order valence-corrected chi connectivity index (χ2v) is 10.7. The molecule has 2 heterocycles. The highest BCUT2D eigenvalue weighted by Gasteiger charge is 2.34. The molecule has 1 aliphatic heterocycles. The van der Waals surface area contributed by atoms with Crippen molar-refractivity contribution in [2.24, 2.45) is 5.92 Å². The van der Waals surface area contributed by atoms with E-state index < -0.39 is 10.0 Å². The second kappa shape index (κ2) is 7.57. The Hall–Kier alpha value is -1.22. The number of halogens is 1. The summed E-state index contributed by atoms with van der Waals surface area (Å²) in [5.74, 6) is -0.467. The van der Waals surface area contributed by atoms with E-state index in [0.29, 0.717) is 23.6 Å². The number of rotatable bonds is 4. The van der Waals surface area contributed by atoms with Crippen molar-refractivity contribution in [3.63, 3.8) is 0 Å². The molecule has 134 valence electrons. The Kier molecular flexibility index (Phi) is 5.62. The van der Waals surface area contributed by atoms with Gasteiger partial charge in [-0.3, -0.25) is 4.79 Å². The number of hydrogen-bond donors (Lipinski definition) is 1. The van der Waals surface area contributed by atoms with E-state index in [-0.39, 0.29) is 18.4 Å². The van der Waals surface area contributed by atoms with Gasteiger partial charge in [0.2, 0.25) is 5.91 Å². The number of nitrogens with zero attached hydrogens (tertiary/aromatic N) is 1. The van der Waals surface area contributed by atoms with Crippen LogP contribution in [0.15, 0.2) is 44.4 Å². The second-order valence-electron chi connectivity index (χ2n) is 6.12. The molecule has 8 heteroatoms. The summed E-state index contributed by atoms with van der Waals surface area (Å²) >= 11 is 4.49. The molecule has 1 amide bonds. The van der Waals surface area contributed by atoms with E-state index in [4.69, 9.17) is 0 Å². The molecular weight excluding hydrogens is 424 g/mol. The average molecular weight is 443 g/mol. The van der Waals surface area contributed by atoms with Crippen LogP contribution in [0.4, 0.5) is 5.69 Å². The molecule has 0 aliphatic carbocycles. The summed E-state index contributed by atoms with van der Waals surface area (Å²) in [5, 5.41) is 2.90. The fraction of sp³-hybridized carbons (Fsp3) is 0.353. The summed E-state index contributed by atoms with van der Waals surface area (Å²) in [6.07, 6.45) is 1.37. The summed E-state index contributed by atoms with van der Waals surface area (Å²) < 4.78 is 28.0. The van der Waals surface area contributed by atoms with Gasteiger partial charge in [0.25, 0.3) is 10.0 Å². The van der Waals surface area contributed by atoms with Crippen LogP contribution in [0.2, 0.25) is 0 Å². The smallest absolute Gasteiger partial charge is 0.252 e. The highest BCUT2D eigenvalue weighted by Crippen LogP contribution is 2.31. The molecule has 1 aromatic carbocycles. The van der Waals surface area contributed by atoms with Crippen molar-refractivity contribution in [2.75, 3.05) is 18.4 Å². The van der Waals surface area contributed by atoms with E-state index >= 15 is 0 Å². The van der Waals surface area contributed by atoms with Gasteiger partial charge in [0.1, 0.15) is 4.21 Å². The summed E-state index contributed by atoms with van der Waals surface area (Å²) in [6, 6.07) is 10.9. The minimum Gasteiger partial charge on any atom is -0.326 e. The molecule has 5 nitrogen and oxygen atoms in total. The predicted molar refractivity (Wildman–Crippen MR) is 103 cm³/mol.